The van der Waals surface area contributed by atoms with Gasteiger partial charge in [0.2, 0.25) is 0 Å². The third-order valence-corrected chi connectivity index (χ3v) is 5.59. The van der Waals surface area contributed by atoms with E-state index in [-0.39, 0.29) is 30.5 Å². The zero-order valence-electron chi connectivity index (χ0n) is 14.0. The van der Waals surface area contributed by atoms with Crippen molar-refractivity contribution in [2.24, 2.45) is 5.92 Å². The van der Waals surface area contributed by atoms with Crippen LogP contribution in [0.25, 0.3) is 0 Å². The summed E-state index contributed by atoms with van der Waals surface area (Å²) in [5.74, 6) is -0.0468. The summed E-state index contributed by atoms with van der Waals surface area (Å²) in [5.41, 5.74) is 2.46. The second-order valence-electron chi connectivity index (χ2n) is 6.88. The number of nitrogens with zero attached hydrogens (tertiary/aromatic N) is 1. The number of aryl methyl sites for hydroxylation is 1. The molecule has 1 aromatic rings. The minimum atomic E-state index is -0.291. The lowest BCUT2D eigenvalue weighted by molar-refractivity contribution is -0.150. The molecule has 2 aliphatic heterocycles. The number of hydrogen-bond donors (Lipinski definition) is 0. The third-order valence-electron chi connectivity index (χ3n) is 5.59. The van der Waals surface area contributed by atoms with E-state index in [1.807, 2.05) is 0 Å². The van der Waals surface area contributed by atoms with Gasteiger partial charge >= 0.3 is 5.97 Å². The fourth-order valence-electron chi connectivity index (χ4n) is 4.52. The Morgan fingerprint density at radius 2 is 2.04 bits per heavy atom. The SMILES string of the molecule is COC(=O)[C@H]1C(c2ccc(C)cc2)CC2CCC1N2CCC[18F]. The van der Waals surface area contributed by atoms with Crippen molar-refractivity contribution in [2.75, 3.05) is 20.3 Å². The van der Waals surface area contributed by atoms with Gasteiger partial charge in [0.15, 0.2) is 0 Å². The number of fused-ring (bicyclic) bond motifs is 2. The Hall–Kier alpha value is -1.42. The molecule has 0 aromatic heterocycles. The highest BCUT2D eigenvalue weighted by Gasteiger charge is 2.50. The number of benzene rings is 1. The van der Waals surface area contributed by atoms with E-state index in [4.69, 9.17) is 4.74 Å². The molecule has 0 aliphatic carbocycles. The first-order valence-electron chi connectivity index (χ1n) is 8.61. The summed E-state index contributed by atoms with van der Waals surface area (Å²) in [6.07, 6.45) is 3.63. The van der Waals surface area contributed by atoms with Crippen LogP contribution in [0.3, 0.4) is 0 Å². The first kappa shape index (κ1) is 16.4. The molecular formula is C19H26FNO2. The molecule has 2 fully saturated rings. The van der Waals surface area contributed by atoms with Crippen molar-refractivity contribution >= 4 is 5.97 Å². The Labute approximate surface area is 137 Å². The lowest BCUT2D eigenvalue weighted by atomic mass is 9.76. The molecule has 2 saturated heterocycles. The molecule has 1 aromatic carbocycles. The van der Waals surface area contributed by atoms with Crippen LogP contribution in [0.4, 0.5) is 4.39 Å². The van der Waals surface area contributed by atoms with Gasteiger partial charge in [-0.25, -0.2) is 0 Å². The molecule has 0 radical (unpaired) electrons. The number of piperidine rings is 1. The fourth-order valence-corrected chi connectivity index (χ4v) is 4.52. The first-order chi connectivity index (χ1) is 11.2. The van der Waals surface area contributed by atoms with Crippen molar-refractivity contribution in [3.8, 4) is 0 Å². The Morgan fingerprint density at radius 3 is 2.70 bits per heavy atom. The van der Waals surface area contributed by atoms with Crippen LogP contribution in [0, 0.1) is 12.8 Å². The van der Waals surface area contributed by atoms with Crippen LogP contribution >= 0.6 is 0 Å². The maximum absolute atomic E-state index is 12.6. The summed E-state index contributed by atoms with van der Waals surface area (Å²) in [6.45, 7) is 2.53. The number of ether oxygens (including phenoxy) is 1. The van der Waals surface area contributed by atoms with Gasteiger partial charge in [-0.3, -0.25) is 14.1 Å². The lowest BCUT2D eigenvalue weighted by Crippen LogP contribution is -2.51. The minimum absolute atomic E-state index is 0.119. The highest BCUT2D eigenvalue weighted by atomic mass is 18.2. The average molecular weight is 318 g/mol. The number of carbonyl (C=O) groups excluding carboxylic acids is 1. The molecule has 4 atom stereocenters. The normalized spacial score (nSPS) is 30.4. The number of methoxy groups -OCH3 is 1. The van der Waals surface area contributed by atoms with Gasteiger partial charge in [-0.15, -0.1) is 0 Å². The zero-order chi connectivity index (χ0) is 16.4. The number of rotatable bonds is 5. The molecule has 3 unspecified atom stereocenters. The molecule has 0 N–H and O–H groups in total. The number of hydrogen-bond acceptors (Lipinski definition) is 3. The fraction of sp³-hybridized carbons (Fsp3) is 0.632. The Balaban J connectivity index is 1.88. The molecular weight excluding hydrogens is 292 g/mol. The maximum Gasteiger partial charge on any atom is 0.310 e. The van der Waals surface area contributed by atoms with Crippen LogP contribution < -0.4 is 0 Å². The van der Waals surface area contributed by atoms with Crippen molar-refractivity contribution in [1.29, 1.82) is 0 Å². The van der Waals surface area contributed by atoms with E-state index in [0.29, 0.717) is 12.5 Å². The Kier molecular flexibility index (Phi) is 5.00. The summed E-state index contributed by atoms with van der Waals surface area (Å²) in [5, 5.41) is 0. The smallest absolute Gasteiger partial charge is 0.310 e. The van der Waals surface area contributed by atoms with Crippen LogP contribution in [0.15, 0.2) is 24.3 Å². The molecule has 2 aliphatic rings. The molecule has 2 heterocycles. The summed E-state index contributed by atoms with van der Waals surface area (Å²) < 4.78 is 17.7. The van der Waals surface area contributed by atoms with Crippen LogP contribution in [0.2, 0.25) is 0 Å². The Bertz CT molecular complexity index is 545. The average Bonchev–Trinajstić information content (AvgIpc) is 2.84. The minimum Gasteiger partial charge on any atom is -0.469 e. The van der Waals surface area contributed by atoms with Gasteiger partial charge in [-0.2, -0.15) is 0 Å². The van der Waals surface area contributed by atoms with E-state index < -0.39 is 0 Å². The predicted octanol–water partition coefficient (Wildman–Crippen LogP) is 3.46. The van der Waals surface area contributed by atoms with Gasteiger partial charge in [0, 0.05) is 24.5 Å². The topological polar surface area (TPSA) is 29.5 Å². The first-order valence-corrected chi connectivity index (χ1v) is 8.61. The molecule has 3 rings (SSSR count). The molecule has 0 saturated carbocycles. The van der Waals surface area contributed by atoms with E-state index in [0.717, 1.165) is 25.8 Å². The molecule has 126 valence electrons. The number of esters is 1. The van der Waals surface area contributed by atoms with E-state index in [1.54, 1.807) is 0 Å². The highest BCUT2D eigenvalue weighted by molar-refractivity contribution is 5.75. The summed E-state index contributed by atoms with van der Waals surface area (Å²) in [7, 11) is 1.47. The van der Waals surface area contributed by atoms with E-state index in [1.165, 1.54) is 18.2 Å². The standard InChI is InChI=1S/C19H26FNO2/c1-13-4-6-14(7-5-13)16-12-15-8-9-17(18(16)19(22)23-2)21(15)11-3-10-20/h4-7,15-18H,3,8-12H2,1-2H3/t15?,16?,17?,18-/m0/s1/i20-1. The molecule has 0 amide bonds. The van der Waals surface area contributed by atoms with Gasteiger partial charge in [-0.1, -0.05) is 29.8 Å². The van der Waals surface area contributed by atoms with Crippen LogP contribution in [0.5, 0.6) is 0 Å². The molecule has 0 spiro atoms. The van der Waals surface area contributed by atoms with Gasteiger partial charge in [0.25, 0.3) is 0 Å². The van der Waals surface area contributed by atoms with Gasteiger partial charge in [0.1, 0.15) is 0 Å². The second-order valence-corrected chi connectivity index (χ2v) is 6.88. The number of halogens is 1. The zero-order valence-corrected chi connectivity index (χ0v) is 14.0. The van der Waals surface area contributed by atoms with Crippen LogP contribution in [0.1, 0.15) is 42.7 Å². The number of carbonyl (C=O) groups is 1. The third kappa shape index (κ3) is 3.14. The van der Waals surface area contributed by atoms with Gasteiger partial charge in [0.05, 0.1) is 19.7 Å². The number of alkyl halides is 1. The van der Waals surface area contributed by atoms with Crippen molar-refractivity contribution in [3.05, 3.63) is 35.4 Å². The van der Waals surface area contributed by atoms with Gasteiger partial charge < -0.3 is 4.74 Å². The van der Waals surface area contributed by atoms with Crippen molar-refractivity contribution in [1.82, 2.24) is 4.90 Å². The summed E-state index contributed by atoms with van der Waals surface area (Å²) >= 11 is 0. The molecule has 3 nitrogen and oxygen atoms in total. The van der Waals surface area contributed by atoms with E-state index >= 15 is 0 Å². The van der Waals surface area contributed by atoms with Crippen LogP contribution in [-0.4, -0.2) is 43.3 Å². The lowest BCUT2D eigenvalue weighted by Gasteiger charge is -2.43. The largest absolute Gasteiger partial charge is 0.469 e. The van der Waals surface area contributed by atoms with Crippen LogP contribution in [-0.2, 0) is 9.53 Å². The van der Waals surface area contributed by atoms with Crippen molar-refractivity contribution < 1.29 is 13.9 Å². The molecule has 4 heteroatoms. The van der Waals surface area contributed by atoms with E-state index in [9.17, 15) is 9.18 Å². The molecule has 2 bridgehead atoms. The van der Waals surface area contributed by atoms with Crippen molar-refractivity contribution in [3.63, 3.8) is 0 Å². The van der Waals surface area contributed by atoms with E-state index in [2.05, 4.69) is 36.1 Å². The second kappa shape index (κ2) is 7.00. The molecule has 23 heavy (non-hydrogen) atoms. The van der Waals surface area contributed by atoms with Gasteiger partial charge in [-0.05, 0) is 38.2 Å². The summed E-state index contributed by atoms with van der Waals surface area (Å²) in [6, 6.07) is 9.18. The monoisotopic (exact) mass is 318 g/mol. The highest BCUT2D eigenvalue weighted by Crippen LogP contribution is 2.47. The van der Waals surface area contributed by atoms with Crippen molar-refractivity contribution in [2.45, 2.75) is 50.6 Å². The quantitative estimate of drug-likeness (QED) is 0.779. The Morgan fingerprint density at radius 1 is 1.30 bits per heavy atom. The summed E-state index contributed by atoms with van der Waals surface area (Å²) in [4.78, 5) is 14.9. The predicted molar refractivity (Wildman–Crippen MR) is 88.2 cm³/mol. The maximum atomic E-state index is 12.6.